The Balaban J connectivity index is 1.72. The van der Waals surface area contributed by atoms with E-state index < -0.39 is 22.9 Å². The lowest BCUT2D eigenvalue weighted by atomic mass is 10.2. The van der Waals surface area contributed by atoms with E-state index in [0.717, 1.165) is 11.3 Å². The van der Waals surface area contributed by atoms with Crippen molar-refractivity contribution in [3.05, 3.63) is 117 Å². The van der Waals surface area contributed by atoms with Gasteiger partial charge < -0.3 is 15.2 Å². The Labute approximate surface area is 207 Å². The minimum Gasteiger partial charge on any atom is -0.497 e. The molecule has 8 heteroatoms. The molecule has 0 saturated carbocycles. The summed E-state index contributed by atoms with van der Waals surface area (Å²) < 4.78 is 7.80. The standard InChI is InChI=1S/C27H23N3O4S/c1-34-22-16-8-10-19(18-22)11-9-17-28-24(31)23-25(32)29(20-12-4-2-5-13-20)27(35)30(26(23)33)21-14-6-3-7-15-21/h2-16,18,32H,17H2,1H3,(H,28,31)/b11-9+. The average Bonchev–Trinajstić information content (AvgIpc) is 2.88. The minimum absolute atomic E-state index is 0.0411. The fourth-order valence-electron chi connectivity index (χ4n) is 3.59. The molecule has 4 rings (SSSR count). The Kier molecular flexibility index (Phi) is 7.23. The average molecular weight is 486 g/mol. The lowest BCUT2D eigenvalue weighted by Crippen LogP contribution is -2.35. The van der Waals surface area contributed by atoms with Crippen molar-refractivity contribution in [2.45, 2.75) is 0 Å². The first-order valence-electron chi connectivity index (χ1n) is 10.8. The number of carbonyl (C=O) groups excluding carboxylic acids is 1. The van der Waals surface area contributed by atoms with Gasteiger partial charge in [0.2, 0.25) is 5.88 Å². The summed E-state index contributed by atoms with van der Waals surface area (Å²) in [6.07, 6.45) is 3.56. The van der Waals surface area contributed by atoms with Gasteiger partial charge in [0.15, 0.2) is 10.3 Å². The molecule has 176 valence electrons. The van der Waals surface area contributed by atoms with Gasteiger partial charge in [0.25, 0.3) is 11.5 Å². The molecule has 0 bridgehead atoms. The van der Waals surface area contributed by atoms with Crippen molar-refractivity contribution < 1.29 is 14.6 Å². The molecule has 0 atom stereocenters. The first-order chi connectivity index (χ1) is 17.0. The summed E-state index contributed by atoms with van der Waals surface area (Å²) >= 11 is 5.57. The number of carbonyl (C=O) groups is 1. The Hall–Kier alpha value is -4.43. The molecule has 4 aromatic rings. The fourth-order valence-corrected chi connectivity index (χ4v) is 3.97. The molecule has 1 heterocycles. The van der Waals surface area contributed by atoms with Crippen molar-refractivity contribution >= 4 is 24.2 Å². The van der Waals surface area contributed by atoms with Crippen molar-refractivity contribution in [2.75, 3.05) is 13.7 Å². The minimum atomic E-state index is -0.716. The van der Waals surface area contributed by atoms with E-state index in [0.29, 0.717) is 11.4 Å². The molecule has 0 fully saturated rings. The van der Waals surface area contributed by atoms with E-state index in [1.807, 2.05) is 42.5 Å². The molecule has 1 amide bonds. The summed E-state index contributed by atoms with van der Waals surface area (Å²) in [5, 5.41) is 13.7. The number of aromatic hydroxyl groups is 1. The van der Waals surface area contributed by atoms with Gasteiger partial charge in [-0.05, 0) is 54.2 Å². The molecular formula is C27H23N3O4S. The summed E-state index contributed by atoms with van der Waals surface area (Å²) in [6.45, 7) is 0.140. The van der Waals surface area contributed by atoms with Gasteiger partial charge in [0.1, 0.15) is 5.75 Å². The fraction of sp³-hybridized carbons (Fsp3) is 0.0741. The topological polar surface area (TPSA) is 85.5 Å². The number of para-hydroxylation sites is 2. The second kappa shape index (κ2) is 10.7. The highest BCUT2D eigenvalue weighted by Gasteiger charge is 2.24. The molecule has 2 N–H and O–H groups in total. The number of hydrogen-bond donors (Lipinski definition) is 2. The molecule has 0 radical (unpaired) electrons. The van der Waals surface area contributed by atoms with Crippen LogP contribution >= 0.6 is 12.2 Å². The maximum absolute atomic E-state index is 13.4. The SMILES string of the molecule is COc1cccc(/C=C/CNC(=O)c2c(O)n(-c3ccccc3)c(=S)n(-c3ccccc3)c2=O)c1. The summed E-state index contributed by atoms with van der Waals surface area (Å²) in [5.74, 6) is -0.517. The van der Waals surface area contributed by atoms with Crippen LogP contribution in [-0.2, 0) is 0 Å². The summed E-state index contributed by atoms with van der Waals surface area (Å²) in [6, 6.07) is 25.0. The van der Waals surface area contributed by atoms with Crippen molar-refractivity contribution in [1.29, 1.82) is 0 Å². The smallest absolute Gasteiger partial charge is 0.275 e. The Morgan fingerprint density at radius 1 is 0.971 bits per heavy atom. The van der Waals surface area contributed by atoms with Crippen LogP contribution in [0.25, 0.3) is 17.5 Å². The second-order valence-electron chi connectivity index (χ2n) is 7.52. The normalized spacial score (nSPS) is 10.9. The maximum atomic E-state index is 13.4. The van der Waals surface area contributed by atoms with Crippen LogP contribution in [0.5, 0.6) is 11.6 Å². The molecule has 0 aliphatic rings. The predicted octanol–water partition coefficient (Wildman–Crippen LogP) is 4.52. The van der Waals surface area contributed by atoms with Crippen LogP contribution in [0.1, 0.15) is 15.9 Å². The van der Waals surface area contributed by atoms with Crippen LogP contribution < -0.4 is 15.6 Å². The highest BCUT2D eigenvalue weighted by molar-refractivity contribution is 7.71. The zero-order valence-corrected chi connectivity index (χ0v) is 19.7. The molecule has 7 nitrogen and oxygen atoms in total. The largest absolute Gasteiger partial charge is 0.497 e. The molecule has 3 aromatic carbocycles. The van der Waals surface area contributed by atoms with E-state index in [1.54, 1.807) is 61.7 Å². The van der Waals surface area contributed by atoms with Crippen molar-refractivity contribution in [2.24, 2.45) is 0 Å². The monoisotopic (exact) mass is 485 g/mol. The lowest BCUT2D eigenvalue weighted by Gasteiger charge is -2.17. The molecule has 1 aromatic heterocycles. The van der Waals surface area contributed by atoms with Gasteiger partial charge >= 0.3 is 0 Å². The van der Waals surface area contributed by atoms with Crippen LogP contribution in [0.4, 0.5) is 0 Å². The van der Waals surface area contributed by atoms with Gasteiger partial charge in [-0.2, -0.15) is 0 Å². The number of ether oxygens (including phenoxy) is 1. The third-order valence-corrected chi connectivity index (χ3v) is 5.64. The molecule has 0 saturated heterocycles. The van der Waals surface area contributed by atoms with Crippen molar-refractivity contribution in [3.63, 3.8) is 0 Å². The third kappa shape index (κ3) is 5.07. The molecule has 0 aliphatic heterocycles. The van der Waals surface area contributed by atoms with E-state index in [-0.39, 0.29) is 11.3 Å². The van der Waals surface area contributed by atoms with E-state index in [1.165, 1.54) is 9.13 Å². The number of amides is 1. The van der Waals surface area contributed by atoms with E-state index >= 15 is 0 Å². The maximum Gasteiger partial charge on any atom is 0.275 e. The molecular weight excluding hydrogens is 462 g/mol. The summed E-state index contributed by atoms with van der Waals surface area (Å²) in [4.78, 5) is 26.5. The zero-order chi connectivity index (χ0) is 24.8. The highest BCUT2D eigenvalue weighted by atomic mass is 32.1. The molecule has 35 heavy (non-hydrogen) atoms. The van der Waals surface area contributed by atoms with Gasteiger partial charge in [0, 0.05) is 6.54 Å². The van der Waals surface area contributed by atoms with Gasteiger partial charge in [-0.25, -0.2) is 0 Å². The molecule has 0 unspecified atom stereocenters. The summed E-state index contributed by atoms with van der Waals surface area (Å²) in [5.41, 5.74) is 0.789. The first kappa shape index (κ1) is 23.7. The first-order valence-corrected chi connectivity index (χ1v) is 11.2. The predicted molar refractivity (Wildman–Crippen MR) is 138 cm³/mol. The lowest BCUT2D eigenvalue weighted by molar-refractivity contribution is 0.0952. The van der Waals surface area contributed by atoms with Gasteiger partial charge in [0.05, 0.1) is 18.5 Å². The number of methoxy groups -OCH3 is 1. The Morgan fingerprint density at radius 2 is 1.60 bits per heavy atom. The number of nitrogens with one attached hydrogen (secondary N) is 1. The van der Waals surface area contributed by atoms with Gasteiger partial charge in [-0.1, -0.05) is 60.7 Å². The van der Waals surface area contributed by atoms with Crippen molar-refractivity contribution in [3.8, 4) is 23.0 Å². The second-order valence-corrected chi connectivity index (χ2v) is 7.88. The number of rotatable bonds is 7. The number of aromatic nitrogens is 2. The Bertz CT molecular complexity index is 1490. The van der Waals surface area contributed by atoms with Crippen LogP contribution in [0.3, 0.4) is 0 Å². The zero-order valence-electron chi connectivity index (χ0n) is 18.9. The molecule has 0 aliphatic carbocycles. The quantitative estimate of drug-likeness (QED) is 0.376. The van der Waals surface area contributed by atoms with Crippen LogP contribution in [0, 0.1) is 4.77 Å². The van der Waals surface area contributed by atoms with Crippen LogP contribution in [0.15, 0.2) is 95.8 Å². The highest BCUT2D eigenvalue weighted by Crippen LogP contribution is 2.22. The Morgan fingerprint density at radius 3 is 2.23 bits per heavy atom. The van der Waals surface area contributed by atoms with E-state index in [9.17, 15) is 14.7 Å². The third-order valence-electron chi connectivity index (χ3n) is 5.28. The summed E-state index contributed by atoms with van der Waals surface area (Å²) in [7, 11) is 1.59. The van der Waals surface area contributed by atoms with Crippen LogP contribution in [-0.4, -0.2) is 33.8 Å². The van der Waals surface area contributed by atoms with Gasteiger partial charge in [-0.15, -0.1) is 0 Å². The van der Waals surface area contributed by atoms with E-state index in [4.69, 9.17) is 17.0 Å². The number of nitrogens with zero attached hydrogens (tertiary/aromatic N) is 2. The van der Waals surface area contributed by atoms with E-state index in [2.05, 4.69) is 5.32 Å². The number of benzene rings is 3. The van der Waals surface area contributed by atoms with Crippen LogP contribution in [0.2, 0.25) is 0 Å². The van der Waals surface area contributed by atoms with Crippen molar-refractivity contribution in [1.82, 2.24) is 14.5 Å². The molecule has 0 spiro atoms. The van der Waals surface area contributed by atoms with Gasteiger partial charge in [-0.3, -0.25) is 18.7 Å². The number of hydrogen-bond acceptors (Lipinski definition) is 5.